The Hall–Kier alpha value is -1.40. The zero-order valence-electron chi connectivity index (χ0n) is 11.1. The number of methoxy groups -OCH3 is 1. The van der Waals surface area contributed by atoms with Crippen molar-refractivity contribution in [2.75, 3.05) is 25.2 Å². The lowest BCUT2D eigenvalue weighted by atomic mass is 10.1. The molecule has 104 valence electrons. The van der Waals surface area contributed by atoms with Gasteiger partial charge in [-0.25, -0.2) is 14.8 Å². The molecule has 0 saturated carbocycles. The molecule has 0 aliphatic carbocycles. The number of hydrogen-bond acceptors (Lipinski definition) is 6. The fourth-order valence-corrected chi connectivity index (χ4v) is 2.38. The molecule has 6 nitrogen and oxygen atoms in total. The second kappa shape index (κ2) is 5.71. The van der Waals surface area contributed by atoms with Crippen LogP contribution >= 0.6 is 11.6 Å². The van der Waals surface area contributed by atoms with Gasteiger partial charge in [-0.2, -0.15) is 0 Å². The van der Waals surface area contributed by atoms with Crippen LogP contribution in [-0.2, 0) is 9.47 Å². The number of morpholine rings is 1. The van der Waals surface area contributed by atoms with Crippen LogP contribution in [0.4, 0.5) is 5.82 Å². The van der Waals surface area contributed by atoms with Crippen molar-refractivity contribution < 1.29 is 14.3 Å². The Kier molecular flexibility index (Phi) is 4.21. The number of nitrogens with zero attached hydrogens (tertiary/aromatic N) is 3. The average molecular weight is 286 g/mol. The first-order chi connectivity index (χ1) is 9.02. The van der Waals surface area contributed by atoms with Crippen LogP contribution < -0.4 is 4.90 Å². The van der Waals surface area contributed by atoms with Crippen LogP contribution in [0.3, 0.4) is 0 Å². The van der Waals surface area contributed by atoms with Crippen molar-refractivity contribution in [2.24, 2.45) is 0 Å². The lowest BCUT2D eigenvalue weighted by Gasteiger charge is -2.39. The molecule has 0 bridgehead atoms. The summed E-state index contributed by atoms with van der Waals surface area (Å²) in [7, 11) is 1.30. The Labute approximate surface area is 116 Å². The molecule has 0 amide bonds. The maximum atomic E-state index is 11.5. The van der Waals surface area contributed by atoms with Gasteiger partial charge in [0.2, 0.25) is 5.28 Å². The molecule has 1 aromatic heterocycles. The molecule has 0 aromatic carbocycles. The Bertz CT molecular complexity index is 473. The molecular formula is C12H16ClN3O3. The van der Waals surface area contributed by atoms with Gasteiger partial charge >= 0.3 is 5.97 Å². The van der Waals surface area contributed by atoms with Crippen molar-refractivity contribution in [3.8, 4) is 0 Å². The maximum absolute atomic E-state index is 11.5. The first-order valence-corrected chi connectivity index (χ1v) is 6.39. The molecule has 2 heterocycles. The molecule has 7 heteroatoms. The van der Waals surface area contributed by atoms with Gasteiger partial charge in [0, 0.05) is 6.07 Å². The largest absolute Gasteiger partial charge is 0.464 e. The molecule has 2 atom stereocenters. The van der Waals surface area contributed by atoms with Crippen molar-refractivity contribution in [2.45, 2.75) is 25.9 Å². The van der Waals surface area contributed by atoms with Gasteiger partial charge < -0.3 is 14.4 Å². The minimum Gasteiger partial charge on any atom is -0.464 e. The highest BCUT2D eigenvalue weighted by atomic mass is 35.5. The van der Waals surface area contributed by atoms with Crippen molar-refractivity contribution in [1.82, 2.24) is 9.97 Å². The molecule has 1 aromatic rings. The third kappa shape index (κ3) is 2.96. The van der Waals surface area contributed by atoms with E-state index in [1.807, 2.05) is 13.8 Å². The Morgan fingerprint density at radius 1 is 1.42 bits per heavy atom. The number of rotatable bonds is 2. The summed E-state index contributed by atoms with van der Waals surface area (Å²) in [6.07, 6.45) is 0. The summed E-state index contributed by atoms with van der Waals surface area (Å²) in [4.78, 5) is 21.7. The normalized spacial score (nSPS) is 23.3. The maximum Gasteiger partial charge on any atom is 0.356 e. The first kappa shape index (κ1) is 14.0. The fourth-order valence-electron chi connectivity index (χ4n) is 2.20. The van der Waals surface area contributed by atoms with Crippen LogP contribution in [-0.4, -0.2) is 48.3 Å². The zero-order valence-corrected chi connectivity index (χ0v) is 11.8. The van der Waals surface area contributed by atoms with Gasteiger partial charge in [0.25, 0.3) is 0 Å². The quantitative estimate of drug-likeness (QED) is 0.606. The monoisotopic (exact) mass is 285 g/mol. The summed E-state index contributed by atoms with van der Waals surface area (Å²) in [5.74, 6) is 0.0859. The van der Waals surface area contributed by atoms with Gasteiger partial charge in [0.15, 0.2) is 5.69 Å². The summed E-state index contributed by atoms with van der Waals surface area (Å²) in [6, 6.07) is 1.90. The molecule has 1 aliphatic rings. The van der Waals surface area contributed by atoms with E-state index in [0.717, 1.165) is 0 Å². The van der Waals surface area contributed by atoms with Gasteiger partial charge in [-0.3, -0.25) is 0 Å². The number of esters is 1. The van der Waals surface area contributed by atoms with Crippen LogP contribution in [0, 0.1) is 0 Å². The standard InChI is InChI=1S/C12H16ClN3O3/c1-7-5-19-6-8(2)16(7)10-4-9(11(17)18-3)14-12(13)15-10/h4,7-8H,5-6H2,1-3H3. The molecular weight excluding hydrogens is 270 g/mol. The fraction of sp³-hybridized carbons (Fsp3) is 0.583. The van der Waals surface area contributed by atoms with E-state index in [1.54, 1.807) is 6.07 Å². The Balaban J connectivity index is 2.38. The van der Waals surface area contributed by atoms with E-state index < -0.39 is 5.97 Å². The van der Waals surface area contributed by atoms with Crippen molar-refractivity contribution in [1.29, 1.82) is 0 Å². The summed E-state index contributed by atoms with van der Waals surface area (Å²) in [5, 5.41) is 0.0313. The number of ether oxygens (including phenoxy) is 2. The lowest BCUT2D eigenvalue weighted by Crippen LogP contribution is -2.50. The van der Waals surface area contributed by atoms with E-state index in [9.17, 15) is 4.79 Å². The van der Waals surface area contributed by atoms with Gasteiger partial charge in [0.05, 0.1) is 32.4 Å². The van der Waals surface area contributed by atoms with Crippen molar-refractivity contribution in [3.05, 3.63) is 17.0 Å². The third-order valence-corrected chi connectivity index (χ3v) is 3.18. The van der Waals surface area contributed by atoms with E-state index in [-0.39, 0.29) is 23.1 Å². The summed E-state index contributed by atoms with van der Waals surface area (Å²) in [5.41, 5.74) is 0.156. The molecule has 2 rings (SSSR count). The minimum absolute atomic E-state index is 0.0313. The molecule has 1 aliphatic heterocycles. The summed E-state index contributed by atoms with van der Waals surface area (Å²) in [6.45, 7) is 5.28. The van der Waals surface area contributed by atoms with Crippen LogP contribution in [0.25, 0.3) is 0 Å². The van der Waals surface area contributed by atoms with Crippen molar-refractivity contribution >= 4 is 23.4 Å². The van der Waals surface area contributed by atoms with E-state index in [4.69, 9.17) is 16.3 Å². The van der Waals surface area contributed by atoms with E-state index in [1.165, 1.54) is 7.11 Å². The molecule has 0 N–H and O–H groups in total. The number of aromatic nitrogens is 2. The lowest BCUT2D eigenvalue weighted by molar-refractivity contribution is 0.0593. The summed E-state index contributed by atoms with van der Waals surface area (Å²) >= 11 is 5.88. The predicted octanol–water partition coefficient (Wildman–Crippen LogP) is 1.53. The molecule has 0 radical (unpaired) electrons. The SMILES string of the molecule is COC(=O)c1cc(N2C(C)COCC2C)nc(Cl)n1. The number of anilines is 1. The number of halogens is 1. The van der Waals surface area contributed by atoms with Gasteiger partial charge in [0.1, 0.15) is 5.82 Å². The predicted molar refractivity (Wildman–Crippen MR) is 70.6 cm³/mol. The molecule has 0 spiro atoms. The highest BCUT2D eigenvalue weighted by Crippen LogP contribution is 2.23. The second-order valence-electron chi connectivity index (χ2n) is 4.51. The second-order valence-corrected chi connectivity index (χ2v) is 4.85. The Morgan fingerprint density at radius 2 is 2.05 bits per heavy atom. The van der Waals surface area contributed by atoms with Crippen LogP contribution in [0.2, 0.25) is 5.28 Å². The highest BCUT2D eigenvalue weighted by molar-refractivity contribution is 6.28. The smallest absolute Gasteiger partial charge is 0.356 e. The summed E-state index contributed by atoms with van der Waals surface area (Å²) < 4.78 is 10.1. The minimum atomic E-state index is -0.529. The van der Waals surface area contributed by atoms with Crippen molar-refractivity contribution in [3.63, 3.8) is 0 Å². The molecule has 1 fully saturated rings. The van der Waals surface area contributed by atoms with E-state index in [0.29, 0.717) is 19.0 Å². The van der Waals surface area contributed by atoms with Gasteiger partial charge in [-0.15, -0.1) is 0 Å². The highest BCUT2D eigenvalue weighted by Gasteiger charge is 2.28. The van der Waals surface area contributed by atoms with Crippen LogP contribution in [0.1, 0.15) is 24.3 Å². The molecule has 2 unspecified atom stereocenters. The zero-order chi connectivity index (χ0) is 14.0. The van der Waals surface area contributed by atoms with Crippen LogP contribution in [0.5, 0.6) is 0 Å². The van der Waals surface area contributed by atoms with E-state index in [2.05, 4.69) is 19.6 Å². The average Bonchev–Trinajstić information content (AvgIpc) is 2.37. The number of carbonyl (C=O) groups is 1. The van der Waals surface area contributed by atoms with Crippen LogP contribution in [0.15, 0.2) is 6.07 Å². The van der Waals surface area contributed by atoms with Gasteiger partial charge in [-0.1, -0.05) is 0 Å². The van der Waals surface area contributed by atoms with Gasteiger partial charge in [-0.05, 0) is 25.4 Å². The third-order valence-electron chi connectivity index (χ3n) is 3.01. The first-order valence-electron chi connectivity index (χ1n) is 6.02. The molecule has 19 heavy (non-hydrogen) atoms. The van der Waals surface area contributed by atoms with E-state index >= 15 is 0 Å². The topological polar surface area (TPSA) is 64.5 Å². The number of hydrogen-bond donors (Lipinski definition) is 0. The Morgan fingerprint density at radius 3 is 2.63 bits per heavy atom. The molecule has 1 saturated heterocycles. The number of carbonyl (C=O) groups excluding carboxylic acids is 1.